The van der Waals surface area contributed by atoms with Gasteiger partial charge in [-0.1, -0.05) is 41.9 Å². The van der Waals surface area contributed by atoms with Crippen molar-refractivity contribution in [2.45, 2.75) is 13.2 Å². The predicted molar refractivity (Wildman–Crippen MR) is 88.9 cm³/mol. The summed E-state index contributed by atoms with van der Waals surface area (Å²) in [6, 6.07) is 15.2. The Morgan fingerprint density at radius 3 is 2.64 bits per heavy atom. The Kier molecular flexibility index (Phi) is 4.22. The summed E-state index contributed by atoms with van der Waals surface area (Å²) >= 11 is 5.89. The van der Waals surface area contributed by atoms with Crippen molar-refractivity contribution >= 4 is 22.4 Å². The van der Waals surface area contributed by atoms with Crippen molar-refractivity contribution in [2.24, 2.45) is 0 Å². The van der Waals surface area contributed by atoms with Gasteiger partial charge in [-0.3, -0.25) is 9.69 Å². The first-order valence-corrected chi connectivity index (χ1v) is 7.39. The van der Waals surface area contributed by atoms with E-state index in [1.807, 2.05) is 60.5 Å². The van der Waals surface area contributed by atoms with Crippen molar-refractivity contribution in [2.75, 3.05) is 7.05 Å². The maximum absolute atomic E-state index is 12.4. The second-order valence-electron chi connectivity index (χ2n) is 5.32. The average Bonchev–Trinajstić information content (AvgIpc) is 2.53. The Balaban J connectivity index is 1.79. The molecule has 0 saturated carbocycles. The van der Waals surface area contributed by atoms with Crippen LogP contribution in [-0.2, 0) is 13.2 Å². The van der Waals surface area contributed by atoms with E-state index in [-0.39, 0.29) is 5.56 Å². The van der Waals surface area contributed by atoms with E-state index >= 15 is 0 Å². The summed E-state index contributed by atoms with van der Waals surface area (Å²) in [5, 5.41) is 6.52. The number of fused-ring (bicyclic) bond motifs is 1. The SMILES string of the molecule is CN(Cc1ccc(Cl)cc1)Cn1ncc2ccccc2c1=O. The van der Waals surface area contributed by atoms with Crippen LogP contribution in [0, 0.1) is 0 Å². The minimum atomic E-state index is -0.0685. The molecule has 0 bridgehead atoms. The van der Waals surface area contributed by atoms with E-state index in [4.69, 9.17) is 11.6 Å². The lowest BCUT2D eigenvalue weighted by molar-refractivity contribution is 0.241. The maximum atomic E-state index is 12.4. The van der Waals surface area contributed by atoms with Gasteiger partial charge in [0, 0.05) is 17.0 Å². The minimum absolute atomic E-state index is 0.0685. The summed E-state index contributed by atoms with van der Waals surface area (Å²) < 4.78 is 1.48. The van der Waals surface area contributed by atoms with E-state index in [1.165, 1.54) is 4.68 Å². The fourth-order valence-electron chi connectivity index (χ4n) is 2.41. The monoisotopic (exact) mass is 313 g/mol. The van der Waals surface area contributed by atoms with Gasteiger partial charge in [-0.05, 0) is 30.8 Å². The second-order valence-corrected chi connectivity index (χ2v) is 5.76. The molecule has 0 amide bonds. The van der Waals surface area contributed by atoms with Crippen molar-refractivity contribution in [3.8, 4) is 0 Å². The summed E-state index contributed by atoms with van der Waals surface area (Å²) in [7, 11) is 1.96. The Labute approximate surface area is 133 Å². The fourth-order valence-corrected chi connectivity index (χ4v) is 2.53. The van der Waals surface area contributed by atoms with Crippen molar-refractivity contribution in [1.29, 1.82) is 0 Å². The van der Waals surface area contributed by atoms with E-state index in [0.29, 0.717) is 12.1 Å². The number of hydrogen-bond acceptors (Lipinski definition) is 3. The van der Waals surface area contributed by atoms with E-state index < -0.39 is 0 Å². The van der Waals surface area contributed by atoms with Gasteiger partial charge in [-0.2, -0.15) is 5.10 Å². The lowest BCUT2D eigenvalue weighted by Gasteiger charge is -2.17. The van der Waals surface area contributed by atoms with Crippen LogP contribution in [-0.4, -0.2) is 21.7 Å². The van der Waals surface area contributed by atoms with Gasteiger partial charge < -0.3 is 0 Å². The predicted octanol–water partition coefficient (Wildman–Crippen LogP) is 3.14. The maximum Gasteiger partial charge on any atom is 0.275 e. The van der Waals surface area contributed by atoms with Crippen LogP contribution in [0.25, 0.3) is 10.8 Å². The molecule has 2 aromatic carbocycles. The number of nitrogens with zero attached hydrogens (tertiary/aromatic N) is 3. The second kappa shape index (κ2) is 6.30. The molecule has 1 aromatic heterocycles. The van der Waals surface area contributed by atoms with Crippen molar-refractivity contribution < 1.29 is 0 Å². The first-order valence-electron chi connectivity index (χ1n) is 7.01. The van der Waals surface area contributed by atoms with Gasteiger partial charge in [0.05, 0.1) is 18.3 Å². The largest absolute Gasteiger partial charge is 0.283 e. The summed E-state index contributed by atoms with van der Waals surface area (Å²) in [6.07, 6.45) is 1.73. The van der Waals surface area contributed by atoms with E-state index in [9.17, 15) is 4.79 Å². The summed E-state index contributed by atoms with van der Waals surface area (Å²) in [4.78, 5) is 14.5. The van der Waals surface area contributed by atoms with Crippen LogP contribution >= 0.6 is 11.6 Å². The number of benzene rings is 2. The zero-order chi connectivity index (χ0) is 15.5. The molecule has 0 spiro atoms. The lowest BCUT2D eigenvalue weighted by Crippen LogP contribution is -2.31. The first-order chi connectivity index (χ1) is 10.6. The van der Waals surface area contributed by atoms with Crippen LogP contribution in [0.1, 0.15) is 5.56 Å². The quantitative estimate of drug-likeness (QED) is 0.742. The molecule has 112 valence electrons. The zero-order valence-electron chi connectivity index (χ0n) is 12.2. The molecular formula is C17H16ClN3O. The van der Waals surface area contributed by atoms with Gasteiger partial charge in [0.2, 0.25) is 0 Å². The molecule has 0 N–H and O–H groups in total. The van der Waals surface area contributed by atoms with Gasteiger partial charge >= 0.3 is 0 Å². The van der Waals surface area contributed by atoms with Gasteiger partial charge in [0.25, 0.3) is 5.56 Å². The van der Waals surface area contributed by atoms with E-state index in [0.717, 1.165) is 22.5 Å². The summed E-state index contributed by atoms with van der Waals surface area (Å²) in [5.74, 6) is 0. The molecule has 4 nitrogen and oxygen atoms in total. The molecule has 0 aliphatic carbocycles. The van der Waals surface area contributed by atoms with Crippen molar-refractivity contribution in [1.82, 2.24) is 14.7 Å². The Morgan fingerprint density at radius 2 is 1.86 bits per heavy atom. The minimum Gasteiger partial charge on any atom is -0.283 e. The number of halogens is 1. The Morgan fingerprint density at radius 1 is 1.14 bits per heavy atom. The van der Waals surface area contributed by atoms with E-state index in [2.05, 4.69) is 5.10 Å². The standard InChI is InChI=1S/C17H16ClN3O/c1-20(11-13-6-8-15(18)9-7-13)12-21-17(22)16-5-3-2-4-14(16)10-19-21/h2-10H,11-12H2,1H3. The van der Waals surface area contributed by atoms with Crippen molar-refractivity contribution in [3.05, 3.63) is 75.7 Å². The van der Waals surface area contributed by atoms with E-state index in [1.54, 1.807) is 6.20 Å². The molecule has 1 heterocycles. The van der Waals surface area contributed by atoms with Gasteiger partial charge in [-0.25, -0.2) is 4.68 Å². The topological polar surface area (TPSA) is 38.1 Å². The molecule has 0 aliphatic rings. The molecule has 5 heteroatoms. The molecule has 0 aliphatic heterocycles. The molecule has 0 radical (unpaired) electrons. The summed E-state index contributed by atoms with van der Waals surface area (Å²) in [6.45, 7) is 1.16. The third-order valence-corrected chi connectivity index (χ3v) is 3.75. The Bertz CT molecular complexity index is 842. The van der Waals surface area contributed by atoms with Crippen LogP contribution in [0.15, 0.2) is 59.5 Å². The lowest BCUT2D eigenvalue weighted by atomic mass is 10.2. The van der Waals surface area contributed by atoms with Crippen LogP contribution in [0.5, 0.6) is 0 Å². The van der Waals surface area contributed by atoms with Gasteiger partial charge in [0.15, 0.2) is 0 Å². The normalized spacial score (nSPS) is 11.2. The molecule has 0 fully saturated rings. The number of aromatic nitrogens is 2. The first kappa shape index (κ1) is 14.8. The molecule has 0 unspecified atom stereocenters. The molecule has 0 saturated heterocycles. The molecule has 3 aromatic rings. The van der Waals surface area contributed by atoms with Crippen LogP contribution in [0.2, 0.25) is 5.02 Å². The van der Waals surface area contributed by atoms with Crippen molar-refractivity contribution in [3.63, 3.8) is 0 Å². The molecule has 0 atom stereocenters. The zero-order valence-corrected chi connectivity index (χ0v) is 13.0. The highest BCUT2D eigenvalue weighted by molar-refractivity contribution is 6.30. The third-order valence-electron chi connectivity index (χ3n) is 3.50. The third kappa shape index (κ3) is 3.18. The molecular weight excluding hydrogens is 298 g/mol. The molecule has 3 rings (SSSR count). The smallest absolute Gasteiger partial charge is 0.275 e. The van der Waals surface area contributed by atoms with Crippen LogP contribution in [0.3, 0.4) is 0 Å². The average molecular weight is 314 g/mol. The van der Waals surface area contributed by atoms with Gasteiger partial charge in [0.1, 0.15) is 0 Å². The van der Waals surface area contributed by atoms with Gasteiger partial charge in [-0.15, -0.1) is 0 Å². The fraction of sp³-hybridized carbons (Fsp3) is 0.176. The highest BCUT2D eigenvalue weighted by Gasteiger charge is 2.06. The van der Waals surface area contributed by atoms with Crippen LogP contribution < -0.4 is 5.56 Å². The Hall–Kier alpha value is -2.17. The number of hydrogen-bond donors (Lipinski definition) is 0. The number of rotatable bonds is 4. The molecule has 22 heavy (non-hydrogen) atoms. The highest BCUT2D eigenvalue weighted by Crippen LogP contribution is 2.11. The van der Waals surface area contributed by atoms with Crippen LogP contribution in [0.4, 0.5) is 0 Å². The highest BCUT2D eigenvalue weighted by atomic mass is 35.5. The summed E-state index contributed by atoms with van der Waals surface area (Å²) in [5.41, 5.74) is 1.07.